The Hall–Kier alpha value is -2.63. The Morgan fingerprint density at radius 1 is 1.32 bits per heavy atom. The highest BCUT2D eigenvalue weighted by molar-refractivity contribution is 5.95. The highest BCUT2D eigenvalue weighted by Gasteiger charge is 2.37. The summed E-state index contributed by atoms with van der Waals surface area (Å²) in [5.74, 6) is -0.970. The van der Waals surface area contributed by atoms with Crippen LogP contribution in [0.15, 0.2) is 28.7 Å². The molecule has 22 heavy (non-hydrogen) atoms. The number of amides is 1. The molecule has 2 heterocycles. The van der Waals surface area contributed by atoms with Crippen LogP contribution in [0.2, 0.25) is 0 Å². The van der Waals surface area contributed by atoms with Gasteiger partial charge < -0.3 is 14.4 Å². The topological polar surface area (TPSA) is 83.6 Å². The fourth-order valence-corrected chi connectivity index (χ4v) is 2.91. The molecule has 6 nitrogen and oxygen atoms in total. The van der Waals surface area contributed by atoms with Gasteiger partial charge in [0.2, 0.25) is 5.76 Å². The van der Waals surface area contributed by atoms with E-state index in [0.29, 0.717) is 30.1 Å². The van der Waals surface area contributed by atoms with Crippen LogP contribution in [0.4, 0.5) is 0 Å². The zero-order valence-corrected chi connectivity index (χ0v) is 12.4. The van der Waals surface area contributed by atoms with E-state index in [0.717, 1.165) is 5.56 Å². The normalized spacial score (nSPS) is 17.2. The summed E-state index contributed by atoms with van der Waals surface area (Å²) in [7, 11) is 0. The minimum absolute atomic E-state index is 0.114. The van der Waals surface area contributed by atoms with Crippen LogP contribution in [-0.2, 0) is 11.2 Å². The fourth-order valence-electron chi connectivity index (χ4n) is 2.91. The van der Waals surface area contributed by atoms with E-state index in [1.807, 2.05) is 12.1 Å². The number of benzene rings is 1. The van der Waals surface area contributed by atoms with Crippen LogP contribution in [0.1, 0.15) is 39.3 Å². The lowest BCUT2D eigenvalue weighted by molar-refractivity contribution is -0.143. The zero-order valence-electron chi connectivity index (χ0n) is 12.4. The molecule has 1 N–H and O–H groups in total. The van der Waals surface area contributed by atoms with Gasteiger partial charge >= 0.3 is 5.97 Å². The lowest BCUT2D eigenvalue weighted by Crippen LogP contribution is -2.43. The van der Waals surface area contributed by atoms with E-state index in [4.69, 9.17) is 4.42 Å². The van der Waals surface area contributed by atoms with Crippen molar-refractivity contribution in [3.8, 4) is 0 Å². The third-order valence-electron chi connectivity index (χ3n) is 3.88. The summed E-state index contributed by atoms with van der Waals surface area (Å²) in [5, 5.41) is 9.59. The first-order valence-corrected chi connectivity index (χ1v) is 7.04. The summed E-state index contributed by atoms with van der Waals surface area (Å²) < 4.78 is 5.35. The van der Waals surface area contributed by atoms with Crippen LogP contribution in [0.5, 0.6) is 0 Å². The first-order valence-electron chi connectivity index (χ1n) is 7.04. The molecule has 1 aliphatic heterocycles. The molecule has 114 valence electrons. The van der Waals surface area contributed by atoms with E-state index in [9.17, 15) is 14.7 Å². The molecular formula is C16H16N2O4. The summed E-state index contributed by atoms with van der Waals surface area (Å²) >= 11 is 0. The number of oxazole rings is 1. The SMILES string of the molecule is Cc1nc(C)c(C(=O)N2CCc3ccccc3C2C(=O)O)o1. The summed E-state index contributed by atoms with van der Waals surface area (Å²) in [5.41, 5.74) is 2.10. The fraction of sp³-hybridized carbons (Fsp3) is 0.312. The van der Waals surface area contributed by atoms with Gasteiger partial charge in [-0.05, 0) is 24.5 Å². The standard InChI is InChI=1S/C16H16N2O4/c1-9-14(22-10(2)17-9)15(19)18-8-7-11-5-3-4-6-12(11)13(18)16(20)21/h3-6,13H,7-8H2,1-2H3,(H,20,21). The second-order valence-electron chi connectivity index (χ2n) is 5.34. The van der Waals surface area contributed by atoms with Gasteiger partial charge in [0, 0.05) is 13.5 Å². The predicted molar refractivity (Wildman–Crippen MR) is 77.5 cm³/mol. The minimum atomic E-state index is -1.05. The third-order valence-corrected chi connectivity index (χ3v) is 3.88. The number of carboxylic acids is 1. The highest BCUT2D eigenvalue weighted by atomic mass is 16.4. The van der Waals surface area contributed by atoms with E-state index in [-0.39, 0.29) is 5.76 Å². The highest BCUT2D eigenvalue weighted by Crippen LogP contribution is 2.31. The molecule has 0 saturated heterocycles. The van der Waals surface area contributed by atoms with E-state index in [1.54, 1.807) is 26.0 Å². The van der Waals surface area contributed by atoms with Crippen molar-refractivity contribution < 1.29 is 19.1 Å². The van der Waals surface area contributed by atoms with Crippen molar-refractivity contribution in [2.45, 2.75) is 26.3 Å². The zero-order chi connectivity index (χ0) is 15.9. The molecule has 0 radical (unpaired) electrons. The monoisotopic (exact) mass is 300 g/mol. The number of aliphatic carboxylic acids is 1. The van der Waals surface area contributed by atoms with Gasteiger partial charge in [0.15, 0.2) is 11.9 Å². The van der Waals surface area contributed by atoms with Gasteiger partial charge in [-0.1, -0.05) is 24.3 Å². The quantitative estimate of drug-likeness (QED) is 0.918. The average Bonchev–Trinajstić information content (AvgIpc) is 2.83. The number of aryl methyl sites for hydroxylation is 2. The third kappa shape index (κ3) is 2.26. The molecule has 6 heteroatoms. The van der Waals surface area contributed by atoms with Crippen molar-refractivity contribution in [3.63, 3.8) is 0 Å². The Labute approximate surface area is 127 Å². The van der Waals surface area contributed by atoms with Gasteiger partial charge in [-0.2, -0.15) is 0 Å². The number of hydrogen-bond acceptors (Lipinski definition) is 4. The molecule has 0 fully saturated rings. The largest absolute Gasteiger partial charge is 0.479 e. The first-order chi connectivity index (χ1) is 10.5. The van der Waals surface area contributed by atoms with E-state index >= 15 is 0 Å². The summed E-state index contributed by atoms with van der Waals surface area (Å²) in [4.78, 5) is 29.8. The van der Waals surface area contributed by atoms with Crippen molar-refractivity contribution in [1.29, 1.82) is 0 Å². The Kier molecular flexibility index (Phi) is 3.44. The number of fused-ring (bicyclic) bond motifs is 1. The van der Waals surface area contributed by atoms with Gasteiger partial charge in [-0.15, -0.1) is 0 Å². The first kappa shape index (κ1) is 14.3. The Balaban J connectivity index is 2.02. The van der Waals surface area contributed by atoms with Gasteiger partial charge in [0.05, 0.1) is 5.69 Å². The number of nitrogens with zero attached hydrogens (tertiary/aromatic N) is 2. The number of rotatable bonds is 2. The van der Waals surface area contributed by atoms with E-state index in [1.165, 1.54) is 4.90 Å². The van der Waals surface area contributed by atoms with Gasteiger partial charge in [0.25, 0.3) is 5.91 Å². The van der Waals surface area contributed by atoms with Crippen molar-refractivity contribution >= 4 is 11.9 Å². The smallest absolute Gasteiger partial charge is 0.331 e. The van der Waals surface area contributed by atoms with Gasteiger partial charge in [-0.3, -0.25) is 4.79 Å². The number of hydrogen-bond donors (Lipinski definition) is 1. The van der Waals surface area contributed by atoms with Crippen LogP contribution < -0.4 is 0 Å². The lowest BCUT2D eigenvalue weighted by Gasteiger charge is -2.34. The minimum Gasteiger partial charge on any atom is -0.479 e. The van der Waals surface area contributed by atoms with E-state index in [2.05, 4.69) is 4.98 Å². The average molecular weight is 300 g/mol. The maximum Gasteiger partial charge on any atom is 0.331 e. The lowest BCUT2D eigenvalue weighted by atomic mass is 9.92. The number of aromatic nitrogens is 1. The second-order valence-corrected chi connectivity index (χ2v) is 5.34. The van der Waals surface area contributed by atoms with Crippen molar-refractivity contribution in [2.75, 3.05) is 6.54 Å². The Bertz CT molecular complexity index is 750. The molecule has 0 bridgehead atoms. The molecule has 1 aromatic heterocycles. The molecule has 1 atom stereocenters. The second kappa shape index (κ2) is 5.29. The Morgan fingerprint density at radius 3 is 2.68 bits per heavy atom. The molecule has 1 amide bonds. The maximum atomic E-state index is 12.7. The molecule has 0 saturated carbocycles. The summed E-state index contributed by atoms with van der Waals surface area (Å²) in [6, 6.07) is 6.32. The molecule has 0 spiro atoms. The molecule has 1 aromatic carbocycles. The van der Waals surface area contributed by atoms with Gasteiger partial charge in [0.1, 0.15) is 0 Å². The van der Waals surface area contributed by atoms with Crippen LogP contribution in [-0.4, -0.2) is 33.4 Å². The van der Waals surface area contributed by atoms with Crippen molar-refractivity contribution in [1.82, 2.24) is 9.88 Å². The van der Waals surface area contributed by atoms with Crippen molar-refractivity contribution in [3.05, 3.63) is 52.7 Å². The van der Waals surface area contributed by atoms with Crippen LogP contribution >= 0.6 is 0 Å². The summed E-state index contributed by atoms with van der Waals surface area (Å²) in [6.07, 6.45) is 0.623. The van der Waals surface area contributed by atoms with Gasteiger partial charge in [-0.25, -0.2) is 9.78 Å². The number of carbonyl (C=O) groups excluding carboxylic acids is 1. The molecular weight excluding hydrogens is 284 g/mol. The molecule has 2 aromatic rings. The number of carbonyl (C=O) groups is 2. The van der Waals surface area contributed by atoms with E-state index < -0.39 is 17.9 Å². The molecule has 3 rings (SSSR count). The van der Waals surface area contributed by atoms with Crippen LogP contribution in [0, 0.1) is 13.8 Å². The maximum absolute atomic E-state index is 12.7. The number of carboxylic acid groups (broad SMARTS) is 1. The Morgan fingerprint density at radius 2 is 2.05 bits per heavy atom. The van der Waals surface area contributed by atoms with Crippen LogP contribution in [0.3, 0.4) is 0 Å². The van der Waals surface area contributed by atoms with Crippen LogP contribution in [0.25, 0.3) is 0 Å². The molecule has 0 aliphatic carbocycles. The molecule has 1 unspecified atom stereocenters. The summed E-state index contributed by atoms with van der Waals surface area (Å²) in [6.45, 7) is 3.67. The van der Waals surface area contributed by atoms with Crippen molar-refractivity contribution in [2.24, 2.45) is 0 Å². The predicted octanol–water partition coefficient (Wildman–Crippen LogP) is 2.12. The molecule has 1 aliphatic rings.